The molecule has 2 aromatic rings. The average Bonchev–Trinajstić information content (AvgIpc) is 2.63. The molecule has 120 valence electrons. The molecule has 1 atom stereocenters. The van der Waals surface area contributed by atoms with Crippen molar-refractivity contribution in [3.05, 3.63) is 60.2 Å². The van der Waals surface area contributed by atoms with E-state index in [2.05, 4.69) is 69.7 Å². The van der Waals surface area contributed by atoms with Crippen LogP contribution in [0.25, 0.3) is 0 Å². The maximum atomic E-state index is 3.60. The van der Waals surface area contributed by atoms with Gasteiger partial charge in [0.25, 0.3) is 0 Å². The fourth-order valence-electron chi connectivity index (χ4n) is 3.83. The van der Waals surface area contributed by atoms with E-state index in [4.69, 9.17) is 0 Å². The second-order valence-electron chi connectivity index (χ2n) is 6.73. The Morgan fingerprint density at radius 1 is 0.870 bits per heavy atom. The van der Waals surface area contributed by atoms with Gasteiger partial charge in [-0.3, -0.25) is 4.90 Å². The Morgan fingerprint density at radius 2 is 1.61 bits per heavy atom. The molecular formula is C20H25N3. The zero-order chi connectivity index (χ0) is 15.5. The van der Waals surface area contributed by atoms with E-state index in [1.807, 2.05) is 0 Å². The van der Waals surface area contributed by atoms with Crippen molar-refractivity contribution in [3.63, 3.8) is 0 Å². The van der Waals surface area contributed by atoms with Gasteiger partial charge < -0.3 is 10.2 Å². The molecule has 0 spiro atoms. The topological polar surface area (TPSA) is 18.5 Å². The smallest absolute Gasteiger partial charge is 0.0372 e. The molecule has 1 fully saturated rings. The first kappa shape index (κ1) is 14.6. The summed E-state index contributed by atoms with van der Waals surface area (Å²) in [5, 5.41) is 3.60. The number of fused-ring (bicyclic) bond motifs is 1. The Balaban J connectivity index is 1.30. The van der Waals surface area contributed by atoms with Gasteiger partial charge in [-0.05, 0) is 36.1 Å². The minimum atomic E-state index is 0.730. The Hall–Kier alpha value is -2.00. The minimum absolute atomic E-state index is 0.730. The molecule has 2 aliphatic rings. The third-order valence-electron chi connectivity index (χ3n) is 5.12. The van der Waals surface area contributed by atoms with Crippen LogP contribution >= 0.6 is 0 Å². The van der Waals surface area contributed by atoms with E-state index in [0.29, 0.717) is 0 Å². The molecule has 1 unspecified atom stereocenters. The number of nitrogens with one attached hydrogen (secondary N) is 1. The van der Waals surface area contributed by atoms with Crippen LogP contribution < -0.4 is 10.2 Å². The van der Waals surface area contributed by atoms with Crippen LogP contribution in [0, 0.1) is 5.92 Å². The van der Waals surface area contributed by atoms with Crippen LogP contribution in [0.4, 0.5) is 11.4 Å². The Kier molecular flexibility index (Phi) is 4.20. The van der Waals surface area contributed by atoms with Gasteiger partial charge in [0, 0.05) is 50.6 Å². The number of rotatable bonds is 3. The summed E-state index contributed by atoms with van der Waals surface area (Å²) in [6, 6.07) is 19.5. The van der Waals surface area contributed by atoms with E-state index >= 15 is 0 Å². The van der Waals surface area contributed by atoms with Gasteiger partial charge in [0.05, 0.1) is 0 Å². The number of hydrogen-bond acceptors (Lipinski definition) is 3. The fourth-order valence-corrected chi connectivity index (χ4v) is 3.83. The molecule has 0 aliphatic carbocycles. The van der Waals surface area contributed by atoms with Gasteiger partial charge in [0.15, 0.2) is 0 Å². The number of piperazine rings is 1. The largest absolute Gasteiger partial charge is 0.384 e. The maximum absolute atomic E-state index is 3.60. The quantitative estimate of drug-likeness (QED) is 0.940. The predicted octanol–water partition coefficient (Wildman–Crippen LogP) is 3.09. The number of nitrogens with zero attached hydrogens (tertiary/aromatic N) is 2. The third kappa shape index (κ3) is 3.35. The molecule has 0 saturated carbocycles. The van der Waals surface area contributed by atoms with Crippen LogP contribution in [-0.4, -0.2) is 44.2 Å². The number of anilines is 2. The van der Waals surface area contributed by atoms with Crippen molar-refractivity contribution >= 4 is 11.4 Å². The Bertz CT molecular complexity index is 632. The first-order chi connectivity index (χ1) is 11.4. The van der Waals surface area contributed by atoms with Gasteiger partial charge in [0.1, 0.15) is 0 Å². The fraction of sp³-hybridized carbons (Fsp3) is 0.400. The number of benzene rings is 2. The van der Waals surface area contributed by atoms with Crippen molar-refractivity contribution in [2.45, 2.75) is 6.42 Å². The highest BCUT2D eigenvalue weighted by atomic mass is 15.3. The van der Waals surface area contributed by atoms with Crippen LogP contribution in [0.3, 0.4) is 0 Å². The summed E-state index contributed by atoms with van der Waals surface area (Å²) in [4.78, 5) is 5.14. The van der Waals surface area contributed by atoms with E-state index in [-0.39, 0.29) is 0 Å². The van der Waals surface area contributed by atoms with Crippen LogP contribution in [0.1, 0.15) is 5.56 Å². The highest BCUT2D eigenvalue weighted by Gasteiger charge is 2.23. The molecule has 1 N–H and O–H groups in total. The van der Waals surface area contributed by atoms with E-state index in [0.717, 1.165) is 25.6 Å². The lowest BCUT2D eigenvalue weighted by Crippen LogP contribution is -2.48. The van der Waals surface area contributed by atoms with E-state index in [9.17, 15) is 0 Å². The summed E-state index contributed by atoms with van der Waals surface area (Å²) in [7, 11) is 0. The highest BCUT2D eigenvalue weighted by Crippen LogP contribution is 2.25. The molecule has 1 saturated heterocycles. The van der Waals surface area contributed by atoms with Crippen molar-refractivity contribution in [3.8, 4) is 0 Å². The van der Waals surface area contributed by atoms with Crippen LogP contribution in [-0.2, 0) is 6.42 Å². The lowest BCUT2D eigenvalue weighted by Gasteiger charge is -2.38. The molecule has 23 heavy (non-hydrogen) atoms. The summed E-state index contributed by atoms with van der Waals surface area (Å²) >= 11 is 0. The molecule has 2 aromatic carbocycles. The van der Waals surface area contributed by atoms with Gasteiger partial charge in [-0.15, -0.1) is 0 Å². The van der Waals surface area contributed by atoms with Gasteiger partial charge in [0.2, 0.25) is 0 Å². The number of hydrogen-bond donors (Lipinski definition) is 1. The van der Waals surface area contributed by atoms with Crippen LogP contribution in [0.15, 0.2) is 54.6 Å². The maximum Gasteiger partial charge on any atom is 0.0372 e. The van der Waals surface area contributed by atoms with Gasteiger partial charge >= 0.3 is 0 Å². The van der Waals surface area contributed by atoms with Crippen LogP contribution in [0.2, 0.25) is 0 Å². The van der Waals surface area contributed by atoms with E-state index < -0.39 is 0 Å². The highest BCUT2D eigenvalue weighted by molar-refractivity contribution is 5.53. The zero-order valence-corrected chi connectivity index (χ0v) is 13.6. The summed E-state index contributed by atoms with van der Waals surface area (Å²) < 4.78 is 0. The lowest BCUT2D eigenvalue weighted by atomic mass is 9.93. The molecular weight excluding hydrogens is 282 g/mol. The van der Waals surface area contributed by atoms with Crippen molar-refractivity contribution < 1.29 is 0 Å². The monoisotopic (exact) mass is 307 g/mol. The SMILES string of the molecule is c1ccc(N2CCN(CC3CNc4ccccc4C3)CC2)cc1. The minimum Gasteiger partial charge on any atom is -0.384 e. The Labute approximate surface area is 138 Å². The average molecular weight is 307 g/mol. The summed E-state index contributed by atoms with van der Waals surface area (Å²) in [5.41, 5.74) is 4.17. The molecule has 0 aromatic heterocycles. The standard InChI is InChI=1S/C20H25N3/c1-2-7-19(8-3-1)23-12-10-22(11-13-23)16-17-14-18-6-4-5-9-20(18)21-15-17/h1-9,17,21H,10-16H2. The summed E-state index contributed by atoms with van der Waals surface area (Å²) in [6.07, 6.45) is 1.21. The van der Waals surface area contributed by atoms with Gasteiger partial charge in [-0.25, -0.2) is 0 Å². The van der Waals surface area contributed by atoms with Gasteiger partial charge in [-0.2, -0.15) is 0 Å². The zero-order valence-electron chi connectivity index (χ0n) is 13.6. The van der Waals surface area contributed by atoms with Crippen LogP contribution in [0.5, 0.6) is 0 Å². The molecule has 0 radical (unpaired) electrons. The van der Waals surface area contributed by atoms with Gasteiger partial charge in [-0.1, -0.05) is 36.4 Å². The summed E-state index contributed by atoms with van der Waals surface area (Å²) in [5.74, 6) is 0.730. The molecule has 3 heteroatoms. The molecule has 0 bridgehead atoms. The molecule has 0 amide bonds. The second kappa shape index (κ2) is 6.63. The predicted molar refractivity (Wildman–Crippen MR) is 97.2 cm³/mol. The lowest BCUT2D eigenvalue weighted by molar-refractivity contribution is 0.220. The molecule has 3 nitrogen and oxygen atoms in total. The molecule has 2 heterocycles. The van der Waals surface area contributed by atoms with E-state index in [1.54, 1.807) is 0 Å². The second-order valence-corrected chi connectivity index (χ2v) is 6.73. The Morgan fingerprint density at radius 3 is 2.43 bits per heavy atom. The third-order valence-corrected chi connectivity index (χ3v) is 5.12. The first-order valence-corrected chi connectivity index (χ1v) is 8.72. The van der Waals surface area contributed by atoms with Crippen molar-refractivity contribution in [1.29, 1.82) is 0 Å². The van der Waals surface area contributed by atoms with Crippen molar-refractivity contribution in [2.24, 2.45) is 5.92 Å². The first-order valence-electron chi connectivity index (χ1n) is 8.72. The van der Waals surface area contributed by atoms with E-state index in [1.165, 1.54) is 43.0 Å². The number of para-hydroxylation sites is 2. The summed E-state index contributed by atoms with van der Waals surface area (Å²) in [6.45, 7) is 6.95. The van der Waals surface area contributed by atoms with Crippen molar-refractivity contribution in [1.82, 2.24) is 4.90 Å². The molecule has 4 rings (SSSR count). The van der Waals surface area contributed by atoms with Crippen molar-refractivity contribution in [2.75, 3.05) is 49.5 Å². The normalized spacial score (nSPS) is 21.6. The molecule has 2 aliphatic heterocycles.